The van der Waals surface area contributed by atoms with Gasteiger partial charge in [0, 0.05) is 22.3 Å². The van der Waals surface area contributed by atoms with Crippen LogP contribution in [0.3, 0.4) is 0 Å². The molecule has 0 bridgehead atoms. The first-order chi connectivity index (χ1) is 58.6. The van der Waals surface area contributed by atoms with Crippen LogP contribution in [-0.4, -0.2) is 4.70 Å². The molecule has 0 amide bonds. The van der Waals surface area contributed by atoms with Crippen molar-refractivity contribution in [3.05, 3.63) is 99.6 Å². The third-order valence-electron chi connectivity index (χ3n) is 26.6. The van der Waals surface area contributed by atoms with Crippen LogP contribution in [0.2, 0.25) is 10.8 Å². The fraction of sp³-hybridized carbons (Fsp3) is 0.843. The quantitative estimate of drug-likeness (QED) is 0.0273. The summed E-state index contributed by atoms with van der Waals surface area (Å²) >= 11 is 2.05. The predicted octanol–water partition coefficient (Wildman–Crippen LogP) is 42.5. The number of unbranched alkanes of at least 4 members (excludes halogenated alkanes) is 78. The zero-order chi connectivity index (χ0) is 84.3. The number of nitrogens with zero attached hydrogens (tertiary/aromatic N) is 2. The van der Waals surface area contributed by atoms with Gasteiger partial charge in [0.25, 0.3) is 0 Å². The molecule has 0 saturated carbocycles. The molecule has 1 aliphatic heterocycles. The summed E-state index contributed by atoms with van der Waals surface area (Å²) in [5.74, 6) is 0. The van der Waals surface area contributed by atoms with Crippen molar-refractivity contribution in [3.63, 3.8) is 0 Å². The molecule has 3 heteroatoms. The molecule has 2 aromatic carbocycles. The molecule has 118 heavy (non-hydrogen) atoms. The minimum atomic E-state index is 0.998. The van der Waals surface area contributed by atoms with Crippen molar-refractivity contribution in [1.29, 1.82) is 0 Å². The summed E-state index contributed by atoms with van der Waals surface area (Å²) < 4.78 is 1.63. The number of aryl methyl sites for hydroxylation is 2. The Labute approximate surface area is 748 Å². The van der Waals surface area contributed by atoms with Gasteiger partial charge in [0.15, 0.2) is 0 Å². The molecule has 0 atom stereocenters. The standard InChI is InChI=1S/C61H100N2.2C27H55.Ni/c1-5-9-13-15-17-19-21-22-23-24-25-26-27-28-29-30-31-32-34-36-40-45-54-46-44-49-56(53-54)60-58(51-38-11-7-3)59(52-39-12-8-4)61(63(60)62)57-50-43-42-48-55(57)47-41-37-35-33-20-18-16-14-10-6-2;2*1-3-5-7-9-11-13-15-17-19-21-23-25-27-26-24-22-20-18-16-14-12-10-8-6-4-2;/h35,37,42-44,46,48-50,53H,5-34,36,38-41,45,47,51-52H2,1-4H3;2*1,3-27H2,2H3;. The Kier molecular flexibility index (Phi) is 87.6. The van der Waals surface area contributed by atoms with E-state index in [9.17, 15) is 5.53 Å². The van der Waals surface area contributed by atoms with Gasteiger partial charge in [0.1, 0.15) is 0 Å². The second-order valence-corrected chi connectivity index (χ2v) is 39.6. The molecule has 0 spiro atoms. The van der Waals surface area contributed by atoms with E-state index in [2.05, 4.69) is 117 Å². The Hall–Kier alpha value is -2.25. The van der Waals surface area contributed by atoms with Crippen LogP contribution >= 0.6 is 0 Å². The number of hydrogen-bond donors (Lipinski definition) is 0. The van der Waals surface area contributed by atoms with Gasteiger partial charge in [-0.1, -0.05) is 450 Å². The van der Waals surface area contributed by atoms with Gasteiger partial charge >= 0.3 is 166 Å². The second kappa shape index (κ2) is 92.4. The summed E-state index contributed by atoms with van der Waals surface area (Å²) in [7, 11) is 0. The molecule has 0 unspecified atom stereocenters. The monoisotopic (exact) mass is 1680 g/mol. The van der Waals surface area contributed by atoms with Crippen LogP contribution < -0.4 is 0 Å². The van der Waals surface area contributed by atoms with E-state index >= 15 is 0 Å². The Morgan fingerprint density at radius 1 is 0.229 bits per heavy atom. The normalized spacial score (nSPS) is 12.5. The number of hydrogen-bond acceptors (Lipinski definition) is 0. The molecule has 690 valence electrons. The van der Waals surface area contributed by atoms with Crippen LogP contribution in [-0.2, 0) is 27.3 Å². The van der Waals surface area contributed by atoms with E-state index in [1.54, 1.807) is 4.70 Å². The van der Waals surface area contributed by atoms with E-state index in [-0.39, 0.29) is 0 Å². The Morgan fingerprint density at radius 2 is 0.475 bits per heavy atom. The van der Waals surface area contributed by atoms with E-state index in [4.69, 9.17) is 0 Å². The number of rotatable bonds is 94. The summed E-state index contributed by atoms with van der Waals surface area (Å²) in [6.07, 6.45) is 131. The molecular formula is C115H210N2Ni. The summed E-state index contributed by atoms with van der Waals surface area (Å²) in [5, 5.41) is 2.87. The van der Waals surface area contributed by atoms with Crippen molar-refractivity contribution in [2.45, 2.75) is 624 Å². The second-order valence-electron chi connectivity index (χ2n) is 38.1. The van der Waals surface area contributed by atoms with Gasteiger partial charge in [-0.3, -0.25) is 0 Å². The van der Waals surface area contributed by atoms with Gasteiger partial charge in [-0.25, -0.2) is 4.70 Å². The molecule has 2 nitrogen and oxygen atoms in total. The van der Waals surface area contributed by atoms with Crippen molar-refractivity contribution < 1.29 is 19.1 Å². The minimum Gasteiger partial charge on any atom is -0.0654 e. The van der Waals surface area contributed by atoms with Crippen molar-refractivity contribution in [2.75, 3.05) is 0 Å². The van der Waals surface area contributed by atoms with Crippen LogP contribution in [0.15, 0.2) is 71.8 Å². The molecule has 1 aliphatic rings. The van der Waals surface area contributed by atoms with Gasteiger partial charge in [-0.05, 0) is 93.5 Å². The topological polar surface area (TPSA) is 25.3 Å². The predicted molar refractivity (Wildman–Crippen MR) is 532 cm³/mol. The smallest absolute Gasteiger partial charge is 0.0654 e. The van der Waals surface area contributed by atoms with E-state index in [0.717, 1.165) is 56.3 Å². The summed E-state index contributed by atoms with van der Waals surface area (Å²) in [5.41, 5.74) is 22.5. The molecular weight excluding hydrogens is 1470 g/mol. The third-order valence-corrected chi connectivity index (χ3v) is 28.0. The van der Waals surface area contributed by atoms with E-state index in [0.29, 0.717) is 0 Å². The fourth-order valence-corrected chi connectivity index (χ4v) is 19.9. The zero-order valence-corrected chi connectivity index (χ0v) is 82.3. The minimum absolute atomic E-state index is 0.998. The summed E-state index contributed by atoms with van der Waals surface area (Å²) in [6.45, 7) is 13.8. The molecule has 2 aromatic rings. The molecule has 0 radical (unpaired) electrons. The zero-order valence-electron chi connectivity index (χ0n) is 81.3. The fourth-order valence-electron chi connectivity index (χ4n) is 18.7. The van der Waals surface area contributed by atoms with E-state index < -0.39 is 0 Å². The average molecular weight is 1680 g/mol. The van der Waals surface area contributed by atoms with Crippen LogP contribution in [0.5, 0.6) is 0 Å². The van der Waals surface area contributed by atoms with Gasteiger partial charge in [0.05, 0.1) is 0 Å². The SMILES string of the molecule is CCCCCCCCC=CCCc1ccccc1C1=C(CCCCC)C(CCCCC)=C(c2cccc(CCCCCCCCCCCCCCCCCCCCCCC)c2)[N+]1=[N-].CCCCCCCCCCCCCCCCCCCCCCCCCC[CH2][Ni][CH2]CCCCCCCCCCCCCCCCCCCCCCCCCC. The Morgan fingerprint density at radius 3 is 0.788 bits per heavy atom. The first kappa shape index (κ1) is 112. The molecule has 0 aliphatic carbocycles. The molecule has 0 aromatic heterocycles. The van der Waals surface area contributed by atoms with Gasteiger partial charge in [-0.15, -0.1) is 0 Å². The van der Waals surface area contributed by atoms with Crippen molar-refractivity contribution in [3.8, 4) is 0 Å². The van der Waals surface area contributed by atoms with Crippen LogP contribution in [0.25, 0.3) is 16.9 Å². The van der Waals surface area contributed by atoms with Crippen molar-refractivity contribution in [1.82, 2.24) is 0 Å². The third kappa shape index (κ3) is 70.0. The van der Waals surface area contributed by atoms with Gasteiger partial charge < -0.3 is 5.53 Å². The molecule has 3 rings (SSSR count). The van der Waals surface area contributed by atoms with Crippen molar-refractivity contribution in [2.24, 2.45) is 0 Å². The average Bonchev–Trinajstić information content (AvgIpc) is 1.60. The van der Waals surface area contributed by atoms with Crippen LogP contribution in [0.1, 0.15) is 622 Å². The first-order valence-corrected chi connectivity index (χ1v) is 56.2. The first-order valence-electron chi connectivity index (χ1n) is 54.8. The maximum atomic E-state index is 12.4. The molecule has 0 saturated heterocycles. The molecule has 1 heterocycles. The molecule has 0 N–H and O–H groups in total. The summed E-state index contributed by atoms with van der Waals surface area (Å²) in [6, 6.07) is 18.2. The number of benzene rings is 2. The van der Waals surface area contributed by atoms with Crippen LogP contribution in [0.4, 0.5) is 0 Å². The van der Waals surface area contributed by atoms with Crippen molar-refractivity contribution >= 4 is 11.4 Å². The van der Waals surface area contributed by atoms with E-state index in [1.807, 2.05) is 0 Å². The maximum absolute atomic E-state index is 12.4. The Bertz CT molecular complexity index is 2410. The molecule has 0 fully saturated rings. The summed E-state index contributed by atoms with van der Waals surface area (Å²) in [4.78, 5) is 0. The van der Waals surface area contributed by atoms with E-state index in [1.165, 1.54) is 571 Å². The van der Waals surface area contributed by atoms with Gasteiger partial charge in [-0.2, -0.15) is 0 Å². The van der Waals surface area contributed by atoms with Gasteiger partial charge in [0.2, 0.25) is 11.4 Å². The number of allylic oxidation sites excluding steroid dienone is 4. The Balaban J connectivity index is 0.000000809. The van der Waals surface area contributed by atoms with Crippen LogP contribution in [0, 0.1) is 0 Å².